The van der Waals surface area contributed by atoms with Gasteiger partial charge in [-0.15, -0.1) is 0 Å². The zero-order valence-electron chi connectivity index (χ0n) is 13.6. The second-order valence-corrected chi connectivity index (χ2v) is 7.81. The number of carboxylic acid groups (broad SMARTS) is 1. The van der Waals surface area contributed by atoms with Crippen molar-refractivity contribution in [3.05, 3.63) is 59.4 Å². The lowest BCUT2D eigenvalue weighted by Gasteiger charge is -2.10. The molecule has 0 fully saturated rings. The fourth-order valence-corrected chi connectivity index (χ4v) is 3.30. The lowest BCUT2D eigenvalue weighted by Crippen LogP contribution is -2.07. The lowest BCUT2D eigenvalue weighted by atomic mass is 9.96. The third-order valence-electron chi connectivity index (χ3n) is 3.91. The van der Waals surface area contributed by atoms with E-state index < -0.39 is 33.8 Å². The number of hydrogen-bond donors (Lipinski definition) is 2. The van der Waals surface area contributed by atoms with Gasteiger partial charge >= 0.3 is 5.97 Å². The Balaban J connectivity index is 2.14. The maximum Gasteiger partial charge on any atom is 0.307 e. The third-order valence-corrected chi connectivity index (χ3v) is 5.04. The van der Waals surface area contributed by atoms with E-state index in [0.29, 0.717) is 5.39 Å². The molecule has 3 rings (SSSR count). The SMILES string of the molecule is CS(=O)(=O)c1ccc(C(=O)c2c(O)c(CC(=O)O)cc3ccoc23)cc1. The van der Waals surface area contributed by atoms with Crippen LogP contribution in [0.2, 0.25) is 0 Å². The van der Waals surface area contributed by atoms with Crippen LogP contribution in [0.25, 0.3) is 11.0 Å². The Hall–Kier alpha value is -3.13. The Morgan fingerprint density at radius 3 is 2.35 bits per heavy atom. The van der Waals surface area contributed by atoms with Gasteiger partial charge in [0.15, 0.2) is 9.84 Å². The molecule has 0 aliphatic rings. The topological polar surface area (TPSA) is 122 Å². The molecule has 0 saturated carbocycles. The molecule has 0 radical (unpaired) electrons. The fourth-order valence-electron chi connectivity index (χ4n) is 2.67. The predicted octanol–water partition coefficient (Wildman–Crippen LogP) is 2.40. The highest BCUT2D eigenvalue weighted by Gasteiger charge is 2.24. The van der Waals surface area contributed by atoms with E-state index in [-0.39, 0.29) is 27.2 Å². The van der Waals surface area contributed by atoms with E-state index in [0.717, 1.165) is 6.26 Å². The number of rotatable bonds is 5. The molecule has 26 heavy (non-hydrogen) atoms. The average molecular weight is 374 g/mol. The monoisotopic (exact) mass is 374 g/mol. The highest BCUT2D eigenvalue weighted by Crippen LogP contribution is 2.34. The predicted molar refractivity (Wildman–Crippen MR) is 92.2 cm³/mol. The molecule has 0 amide bonds. The van der Waals surface area contributed by atoms with Crippen LogP contribution in [0.15, 0.2) is 52.0 Å². The van der Waals surface area contributed by atoms with Gasteiger partial charge in [0, 0.05) is 22.8 Å². The maximum absolute atomic E-state index is 12.9. The molecule has 0 spiro atoms. The van der Waals surface area contributed by atoms with Crippen LogP contribution in [0.5, 0.6) is 5.75 Å². The molecule has 0 aliphatic heterocycles. The van der Waals surface area contributed by atoms with Gasteiger partial charge in [-0.2, -0.15) is 0 Å². The van der Waals surface area contributed by atoms with Crippen LogP contribution in [-0.2, 0) is 21.1 Å². The van der Waals surface area contributed by atoms with Crippen LogP contribution in [0, 0.1) is 0 Å². The second-order valence-electron chi connectivity index (χ2n) is 5.79. The lowest BCUT2D eigenvalue weighted by molar-refractivity contribution is -0.136. The average Bonchev–Trinajstić information content (AvgIpc) is 3.01. The van der Waals surface area contributed by atoms with Crippen molar-refractivity contribution in [2.24, 2.45) is 0 Å². The standard InChI is InChI=1S/C18H14O7S/c1-26(23,24)13-4-2-10(3-5-13)16(21)15-17(22)12(9-14(19)20)8-11-6-7-25-18(11)15/h2-8,22H,9H2,1H3,(H,19,20). The van der Waals surface area contributed by atoms with Crippen LogP contribution in [0.4, 0.5) is 0 Å². The Bertz CT molecular complexity index is 1120. The maximum atomic E-state index is 12.9. The first-order chi connectivity index (χ1) is 12.2. The van der Waals surface area contributed by atoms with Crippen molar-refractivity contribution < 1.29 is 32.6 Å². The molecule has 0 unspecified atom stereocenters. The van der Waals surface area contributed by atoms with Crippen molar-refractivity contribution in [2.75, 3.05) is 6.26 Å². The van der Waals surface area contributed by atoms with E-state index in [1.165, 1.54) is 36.6 Å². The summed E-state index contributed by atoms with van der Waals surface area (Å²) in [5.41, 5.74) is 0.199. The number of benzene rings is 2. The molecule has 7 nitrogen and oxygen atoms in total. The Labute approximate surface area is 148 Å². The molecule has 0 saturated heterocycles. The highest BCUT2D eigenvalue weighted by atomic mass is 32.2. The minimum absolute atomic E-state index is 0.0565. The normalized spacial score (nSPS) is 11.6. The summed E-state index contributed by atoms with van der Waals surface area (Å²) in [6.07, 6.45) is 1.93. The molecule has 1 aromatic heterocycles. The number of hydrogen-bond acceptors (Lipinski definition) is 6. The van der Waals surface area contributed by atoms with Crippen molar-refractivity contribution in [3.63, 3.8) is 0 Å². The Morgan fingerprint density at radius 1 is 1.12 bits per heavy atom. The summed E-state index contributed by atoms with van der Waals surface area (Å²) in [5, 5.41) is 19.9. The van der Waals surface area contributed by atoms with E-state index >= 15 is 0 Å². The summed E-state index contributed by atoms with van der Waals surface area (Å²) in [6.45, 7) is 0. The van der Waals surface area contributed by atoms with Crippen molar-refractivity contribution in [1.82, 2.24) is 0 Å². The van der Waals surface area contributed by atoms with Crippen LogP contribution >= 0.6 is 0 Å². The van der Waals surface area contributed by atoms with Gasteiger partial charge in [-0.1, -0.05) is 0 Å². The first-order valence-corrected chi connectivity index (χ1v) is 9.36. The summed E-state index contributed by atoms with van der Waals surface area (Å²) in [6, 6.07) is 8.25. The Kier molecular flexibility index (Phi) is 4.29. The van der Waals surface area contributed by atoms with Gasteiger partial charge < -0.3 is 14.6 Å². The molecule has 2 aromatic carbocycles. The number of phenolic OH excluding ortho intramolecular Hbond substituents is 1. The zero-order valence-corrected chi connectivity index (χ0v) is 14.4. The second kappa shape index (κ2) is 6.30. The number of carboxylic acids is 1. The number of sulfone groups is 1. The largest absolute Gasteiger partial charge is 0.507 e. The minimum Gasteiger partial charge on any atom is -0.507 e. The highest BCUT2D eigenvalue weighted by molar-refractivity contribution is 7.90. The molecular formula is C18H14O7S. The number of ketones is 1. The summed E-state index contributed by atoms with van der Waals surface area (Å²) in [4.78, 5) is 23.9. The van der Waals surface area contributed by atoms with Crippen LogP contribution < -0.4 is 0 Å². The number of fused-ring (bicyclic) bond motifs is 1. The molecular weight excluding hydrogens is 360 g/mol. The smallest absolute Gasteiger partial charge is 0.307 e. The molecule has 2 N–H and O–H groups in total. The van der Waals surface area contributed by atoms with Gasteiger partial charge in [0.05, 0.1) is 17.6 Å². The quantitative estimate of drug-likeness (QED) is 0.658. The van der Waals surface area contributed by atoms with E-state index in [1.807, 2.05) is 0 Å². The third kappa shape index (κ3) is 3.18. The molecule has 0 bridgehead atoms. The van der Waals surface area contributed by atoms with E-state index in [4.69, 9.17) is 9.52 Å². The van der Waals surface area contributed by atoms with Crippen molar-refractivity contribution >= 4 is 32.6 Å². The van der Waals surface area contributed by atoms with Gasteiger partial charge in [0.2, 0.25) is 5.78 Å². The summed E-state index contributed by atoms with van der Waals surface area (Å²) in [7, 11) is -3.41. The van der Waals surface area contributed by atoms with Gasteiger partial charge in [-0.25, -0.2) is 8.42 Å². The number of aromatic hydroxyl groups is 1. The fraction of sp³-hybridized carbons (Fsp3) is 0.111. The van der Waals surface area contributed by atoms with E-state index in [1.54, 1.807) is 6.07 Å². The van der Waals surface area contributed by atoms with Crippen molar-refractivity contribution in [3.8, 4) is 5.75 Å². The van der Waals surface area contributed by atoms with Crippen molar-refractivity contribution in [2.45, 2.75) is 11.3 Å². The number of phenols is 1. The molecule has 0 atom stereocenters. The molecule has 1 heterocycles. The first-order valence-electron chi connectivity index (χ1n) is 7.47. The molecule has 8 heteroatoms. The van der Waals surface area contributed by atoms with Crippen molar-refractivity contribution in [1.29, 1.82) is 0 Å². The van der Waals surface area contributed by atoms with E-state index in [2.05, 4.69) is 0 Å². The summed E-state index contributed by atoms with van der Waals surface area (Å²) in [5.74, 6) is -2.22. The van der Waals surface area contributed by atoms with Gasteiger partial charge in [-0.3, -0.25) is 9.59 Å². The van der Waals surface area contributed by atoms with Crippen LogP contribution in [-0.4, -0.2) is 36.6 Å². The van der Waals surface area contributed by atoms with Crippen LogP contribution in [0.1, 0.15) is 21.5 Å². The number of carbonyl (C=O) groups is 2. The summed E-state index contributed by atoms with van der Waals surface area (Å²) < 4.78 is 28.3. The van der Waals surface area contributed by atoms with Gasteiger partial charge in [0.25, 0.3) is 0 Å². The Morgan fingerprint density at radius 2 is 1.77 bits per heavy atom. The minimum atomic E-state index is -3.41. The zero-order chi connectivity index (χ0) is 19.1. The molecule has 0 aliphatic carbocycles. The van der Waals surface area contributed by atoms with E-state index in [9.17, 15) is 23.1 Å². The molecule has 3 aromatic rings. The van der Waals surface area contributed by atoms with Gasteiger partial charge in [-0.05, 0) is 36.4 Å². The van der Waals surface area contributed by atoms with Crippen LogP contribution in [0.3, 0.4) is 0 Å². The number of carbonyl (C=O) groups excluding carboxylic acids is 1. The number of aliphatic carboxylic acids is 1. The molecule has 134 valence electrons. The first kappa shape index (κ1) is 17.7. The number of furan rings is 1. The van der Waals surface area contributed by atoms with Gasteiger partial charge in [0.1, 0.15) is 16.9 Å². The summed E-state index contributed by atoms with van der Waals surface area (Å²) >= 11 is 0.